The summed E-state index contributed by atoms with van der Waals surface area (Å²) in [6.07, 6.45) is 4.14. The molecule has 10 heteroatoms. The number of anilines is 1. The molecule has 5 rings (SSSR count). The zero-order chi connectivity index (χ0) is 24.4. The molecule has 0 unspecified atom stereocenters. The number of hydrogen-bond acceptors (Lipinski definition) is 6. The van der Waals surface area contributed by atoms with Crippen molar-refractivity contribution in [1.29, 1.82) is 0 Å². The van der Waals surface area contributed by atoms with Crippen LogP contribution in [0, 0.1) is 0 Å². The molecule has 1 saturated heterocycles. The van der Waals surface area contributed by atoms with Gasteiger partial charge in [0.2, 0.25) is 28.6 Å². The van der Waals surface area contributed by atoms with E-state index in [0.29, 0.717) is 24.5 Å². The van der Waals surface area contributed by atoms with E-state index in [-0.39, 0.29) is 42.9 Å². The molecule has 186 valence electrons. The fraction of sp³-hybridized carbons (Fsp3) is 0.440. The van der Waals surface area contributed by atoms with Gasteiger partial charge in [-0.05, 0) is 67.1 Å². The molecule has 0 saturated carbocycles. The lowest BCUT2D eigenvalue weighted by molar-refractivity contribution is -0.133. The number of likely N-dealkylation sites (tertiary alicyclic amines) is 1. The van der Waals surface area contributed by atoms with Gasteiger partial charge in [0.1, 0.15) is 0 Å². The Labute approximate surface area is 205 Å². The van der Waals surface area contributed by atoms with Crippen LogP contribution in [0.3, 0.4) is 0 Å². The molecule has 1 fully saturated rings. The maximum absolute atomic E-state index is 12.9. The number of carbonyl (C=O) groups is 2. The molecular formula is C25H29N3O6S. The summed E-state index contributed by atoms with van der Waals surface area (Å²) in [4.78, 5) is 28.9. The van der Waals surface area contributed by atoms with Gasteiger partial charge in [0.25, 0.3) is 0 Å². The number of carbonyl (C=O) groups excluding carboxylic acids is 2. The van der Waals surface area contributed by atoms with E-state index < -0.39 is 10.0 Å². The number of hydrogen-bond donors (Lipinski definition) is 1. The number of rotatable bonds is 7. The van der Waals surface area contributed by atoms with Crippen LogP contribution in [0.2, 0.25) is 0 Å². The molecule has 0 aromatic heterocycles. The van der Waals surface area contributed by atoms with Crippen LogP contribution in [0.5, 0.6) is 11.5 Å². The normalized spacial score (nSPS) is 16.9. The van der Waals surface area contributed by atoms with E-state index in [4.69, 9.17) is 9.47 Å². The summed E-state index contributed by atoms with van der Waals surface area (Å²) in [7, 11) is -3.74. The average Bonchev–Trinajstić information content (AvgIpc) is 3.52. The number of amides is 2. The van der Waals surface area contributed by atoms with Crippen LogP contribution in [0.15, 0.2) is 41.3 Å². The van der Waals surface area contributed by atoms with Crippen LogP contribution >= 0.6 is 0 Å². The summed E-state index contributed by atoms with van der Waals surface area (Å²) in [6, 6.07) is 10.1. The predicted octanol–water partition coefficient (Wildman–Crippen LogP) is 2.58. The number of fused-ring (bicyclic) bond motifs is 2. The van der Waals surface area contributed by atoms with Gasteiger partial charge in [-0.2, -0.15) is 0 Å². The van der Waals surface area contributed by atoms with E-state index in [9.17, 15) is 18.0 Å². The first-order valence-electron chi connectivity index (χ1n) is 12.0. The van der Waals surface area contributed by atoms with Crippen molar-refractivity contribution in [2.24, 2.45) is 0 Å². The molecule has 0 bridgehead atoms. The summed E-state index contributed by atoms with van der Waals surface area (Å²) in [5.41, 5.74) is 2.29. The molecule has 3 aliphatic heterocycles. The van der Waals surface area contributed by atoms with Crippen molar-refractivity contribution in [3.8, 4) is 11.5 Å². The van der Waals surface area contributed by atoms with Crippen LogP contribution in [0.25, 0.3) is 0 Å². The smallest absolute Gasteiger partial charge is 0.240 e. The van der Waals surface area contributed by atoms with Gasteiger partial charge in [0.05, 0.1) is 4.90 Å². The van der Waals surface area contributed by atoms with Crippen molar-refractivity contribution in [2.75, 3.05) is 31.3 Å². The number of ether oxygens (including phenoxy) is 2. The SMILES string of the molecule is O=C(CCC(=O)N1CCc2cc(S(=O)(=O)NCc3ccc4c(c3)OCO4)ccc21)N1CCCCC1. The quantitative estimate of drug-likeness (QED) is 0.628. The Morgan fingerprint density at radius 3 is 2.49 bits per heavy atom. The van der Waals surface area contributed by atoms with Crippen LogP contribution < -0.4 is 19.1 Å². The Morgan fingerprint density at radius 2 is 1.66 bits per heavy atom. The second kappa shape index (κ2) is 9.87. The third-order valence-electron chi connectivity index (χ3n) is 6.72. The Hall–Kier alpha value is -3.11. The van der Waals surface area contributed by atoms with Gasteiger partial charge in [0, 0.05) is 44.7 Å². The third kappa shape index (κ3) is 5.13. The van der Waals surface area contributed by atoms with Gasteiger partial charge in [-0.1, -0.05) is 6.07 Å². The van der Waals surface area contributed by atoms with Crippen molar-refractivity contribution in [2.45, 2.75) is 50.0 Å². The van der Waals surface area contributed by atoms with Crippen molar-refractivity contribution in [1.82, 2.24) is 9.62 Å². The Kier molecular flexibility index (Phi) is 6.66. The second-order valence-corrected chi connectivity index (χ2v) is 10.8. The summed E-state index contributed by atoms with van der Waals surface area (Å²) in [5, 5.41) is 0. The highest BCUT2D eigenvalue weighted by Crippen LogP contribution is 2.33. The first kappa shape index (κ1) is 23.6. The first-order chi connectivity index (χ1) is 16.9. The van der Waals surface area contributed by atoms with Crippen molar-refractivity contribution < 1.29 is 27.5 Å². The zero-order valence-corrected chi connectivity index (χ0v) is 20.3. The van der Waals surface area contributed by atoms with Crippen molar-refractivity contribution in [3.63, 3.8) is 0 Å². The van der Waals surface area contributed by atoms with Crippen LogP contribution in [0.4, 0.5) is 5.69 Å². The molecule has 0 radical (unpaired) electrons. The highest BCUT2D eigenvalue weighted by atomic mass is 32.2. The summed E-state index contributed by atoms with van der Waals surface area (Å²) in [5.74, 6) is 1.17. The van der Waals surface area contributed by atoms with Gasteiger partial charge in [-0.15, -0.1) is 0 Å². The molecule has 9 nitrogen and oxygen atoms in total. The molecule has 1 N–H and O–H groups in total. The highest BCUT2D eigenvalue weighted by Gasteiger charge is 2.27. The molecule has 35 heavy (non-hydrogen) atoms. The monoisotopic (exact) mass is 499 g/mol. The minimum Gasteiger partial charge on any atom is -0.454 e. The number of sulfonamides is 1. The Balaban J connectivity index is 1.20. The number of nitrogens with zero attached hydrogens (tertiary/aromatic N) is 2. The van der Waals surface area contributed by atoms with E-state index in [1.165, 1.54) is 6.07 Å². The van der Waals surface area contributed by atoms with Gasteiger partial charge in [0.15, 0.2) is 11.5 Å². The van der Waals surface area contributed by atoms with E-state index in [1.54, 1.807) is 35.2 Å². The topological polar surface area (TPSA) is 105 Å². The predicted molar refractivity (Wildman–Crippen MR) is 129 cm³/mol. The molecule has 2 aromatic carbocycles. The molecule has 0 spiro atoms. The number of piperidine rings is 1. The van der Waals surface area contributed by atoms with Crippen LogP contribution in [0.1, 0.15) is 43.2 Å². The molecule has 2 amide bonds. The number of benzene rings is 2. The number of nitrogens with one attached hydrogen (secondary N) is 1. The molecule has 3 heterocycles. The fourth-order valence-electron chi connectivity index (χ4n) is 4.77. The highest BCUT2D eigenvalue weighted by molar-refractivity contribution is 7.89. The van der Waals surface area contributed by atoms with Gasteiger partial charge < -0.3 is 19.3 Å². The van der Waals surface area contributed by atoms with E-state index in [2.05, 4.69) is 4.72 Å². The van der Waals surface area contributed by atoms with E-state index in [0.717, 1.165) is 49.2 Å². The lowest BCUT2D eigenvalue weighted by atomic mass is 10.1. The third-order valence-corrected chi connectivity index (χ3v) is 8.12. The first-order valence-corrected chi connectivity index (χ1v) is 13.5. The molecule has 0 aliphatic carbocycles. The second-order valence-electron chi connectivity index (χ2n) is 9.04. The fourth-order valence-corrected chi connectivity index (χ4v) is 5.84. The minimum absolute atomic E-state index is 0.0347. The van der Waals surface area contributed by atoms with Crippen LogP contribution in [-0.2, 0) is 32.6 Å². The largest absolute Gasteiger partial charge is 0.454 e. The lowest BCUT2D eigenvalue weighted by Gasteiger charge is -2.27. The van der Waals surface area contributed by atoms with Gasteiger partial charge in [-0.25, -0.2) is 13.1 Å². The summed E-state index contributed by atoms with van der Waals surface area (Å²) >= 11 is 0. The van der Waals surface area contributed by atoms with Gasteiger partial charge in [-0.3, -0.25) is 9.59 Å². The lowest BCUT2D eigenvalue weighted by Crippen LogP contribution is -2.37. The Bertz CT molecular complexity index is 1240. The zero-order valence-electron chi connectivity index (χ0n) is 19.5. The standard InChI is InChI=1S/C25H29N3O6S/c29-24(27-11-2-1-3-12-27)8-9-25(30)28-13-10-19-15-20(5-6-21(19)28)35(31,32)26-16-18-4-7-22-23(14-18)34-17-33-22/h4-7,14-15,26H,1-3,8-13,16-17H2. The maximum atomic E-state index is 12.9. The Morgan fingerprint density at radius 1 is 0.886 bits per heavy atom. The van der Waals surface area contributed by atoms with Gasteiger partial charge >= 0.3 is 0 Å². The van der Waals surface area contributed by atoms with Crippen molar-refractivity contribution >= 4 is 27.5 Å². The van der Waals surface area contributed by atoms with E-state index in [1.807, 2.05) is 4.90 Å². The summed E-state index contributed by atoms with van der Waals surface area (Å²) in [6.45, 7) is 2.32. The maximum Gasteiger partial charge on any atom is 0.240 e. The average molecular weight is 500 g/mol. The molecule has 2 aromatic rings. The molecular weight excluding hydrogens is 470 g/mol. The van der Waals surface area contributed by atoms with E-state index >= 15 is 0 Å². The minimum atomic E-state index is -3.74. The van der Waals surface area contributed by atoms with Crippen LogP contribution in [-0.4, -0.2) is 51.6 Å². The molecule has 0 atom stereocenters. The van der Waals surface area contributed by atoms with Crippen molar-refractivity contribution in [3.05, 3.63) is 47.5 Å². The molecule has 3 aliphatic rings. The summed E-state index contributed by atoms with van der Waals surface area (Å²) < 4.78 is 39.0.